The van der Waals surface area contributed by atoms with Crippen molar-refractivity contribution in [3.63, 3.8) is 0 Å². The van der Waals surface area contributed by atoms with Crippen LogP contribution in [0.25, 0.3) is 0 Å². The Balaban J connectivity index is 1.66. The van der Waals surface area contributed by atoms with Gasteiger partial charge in [-0.3, -0.25) is 0 Å². The van der Waals surface area contributed by atoms with Gasteiger partial charge in [-0.1, -0.05) is 103 Å². The SMILES string of the molecule is C/C=C/[C@@H](OCc1ccccc1)[C@H](OCc1ccccc1)[C@H](O)COCc1ccccc1. The van der Waals surface area contributed by atoms with Gasteiger partial charge in [-0.05, 0) is 23.6 Å². The van der Waals surface area contributed by atoms with Crippen molar-refractivity contribution >= 4 is 0 Å². The monoisotopic (exact) mass is 432 g/mol. The lowest BCUT2D eigenvalue weighted by Gasteiger charge is -2.29. The van der Waals surface area contributed by atoms with Crippen LogP contribution >= 0.6 is 0 Å². The molecule has 0 fully saturated rings. The lowest BCUT2D eigenvalue weighted by Crippen LogP contribution is -2.42. The number of hydrogen-bond donors (Lipinski definition) is 1. The number of hydrogen-bond acceptors (Lipinski definition) is 4. The molecule has 0 radical (unpaired) electrons. The number of ether oxygens (including phenoxy) is 3. The fourth-order valence-corrected chi connectivity index (χ4v) is 3.37. The molecule has 0 aromatic heterocycles. The van der Waals surface area contributed by atoms with Crippen LogP contribution in [0.2, 0.25) is 0 Å². The summed E-state index contributed by atoms with van der Waals surface area (Å²) in [7, 11) is 0. The third kappa shape index (κ3) is 8.06. The maximum absolute atomic E-state index is 11.0. The Hall–Kier alpha value is -2.76. The molecule has 1 N–H and O–H groups in total. The van der Waals surface area contributed by atoms with Crippen molar-refractivity contribution in [2.45, 2.75) is 45.1 Å². The normalized spacial score (nSPS) is 14.3. The standard InChI is InChI=1S/C28H32O4/c1-2-12-27(31-20-24-15-8-4-9-16-24)28(32-21-25-17-10-5-11-18-25)26(29)22-30-19-23-13-6-3-7-14-23/h2-18,26-29H,19-22H2,1H3/b12-2+/t26-,27-,28-/m1/s1. The number of aliphatic hydroxyl groups excluding tert-OH is 1. The summed E-state index contributed by atoms with van der Waals surface area (Å²) >= 11 is 0. The van der Waals surface area contributed by atoms with E-state index in [1.807, 2.05) is 110 Å². The highest BCUT2D eigenvalue weighted by molar-refractivity contribution is 5.15. The van der Waals surface area contributed by atoms with Gasteiger partial charge in [0.2, 0.25) is 0 Å². The third-order valence-electron chi connectivity index (χ3n) is 5.06. The van der Waals surface area contributed by atoms with Gasteiger partial charge in [0.1, 0.15) is 18.3 Å². The summed E-state index contributed by atoms with van der Waals surface area (Å²) in [5, 5.41) is 11.0. The minimum Gasteiger partial charge on any atom is -0.388 e. The van der Waals surface area contributed by atoms with E-state index in [4.69, 9.17) is 14.2 Å². The molecule has 0 spiro atoms. The second kappa shape index (κ2) is 13.6. The highest BCUT2D eigenvalue weighted by atomic mass is 16.6. The van der Waals surface area contributed by atoms with E-state index in [9.17, 15) is 5.11 Å². The minimum absolute atomic E-state index is 0.150. The summed E-state index contributed by atoms with van der Waals surface area (Å²) in [4.78, 5) is 0. The fourth-order valence-electron chi connectivity index (χ4n) is 3.37. The van der Waals surface area contributed by atoms with Gasteiger partial charge >= 0.3 is 0 Å². The summed E-state index contributed by atoms with van der Waals surface area (Å²) in [6, 6.07) is 29.8. The molecular formula is C28H32O4. The second-order valence-electron chi connectivity index (χ2n) is 7.62. The maximum atomic E-state index is 11.0. The Bertz CT molecular complexity index is 896. The average molecular weight is 433 g/mol. The van der Waals surface area contributed by atoms with Crippen molar-refractivity contribution in [2.75, 3.05) is 6.61 Å². The van der Waals surface area contributed by atoms with Crippen LogP contribution < -0.4 is 0 Å². The van der Waals surface area contributed by atoms with E-state index in [1.54, 1.807) is 0 Å². The van der Waals surface area contributed by atoms with Gasteiger partial charge in [0.05, 0.1) is 26.4 Å². The first-order valence-electron chi connectivity index (χ1n) is 11.0. The van der Waals surface area contributed by atoms with Gasteiger partial charge in [0.25, 0.3) is 0 Å². The van der Waals surface area contributed by atoms with Crippen LogP contribution in [0.1, 0.15) is 23.6 Å². The quantitative estimate of drug-likeness (QED) is 0.372. The molecule has 4 nitrogen and oxygen atoms in total. The van der Waals surface area contributed by atoms with Gasteiger partial charge in [-0.2, -0.15) is 0 Å². The van der Waals surface area contributed by atoms with Gasteiger partial charge in [0.15, 0.2) is 0 Å². The molecule has 3 aromatic rings. The molecule has 0 bridgehead atoms. The molecule has 0 heterocycles. The van der Waals surface area contributed by atoms with E-state index in [0.717, 1.165) is 16.7 Å². The van der Waals surface area contributed by atoms with E-state index < -0.39 is 18.3 Å². The van der Waals surface area contributed by atoms with E-state index >= 15 is 0 Å². The molecule has 0 amide bonds. The molecule has 168 valence electrons. The largest absolute Gasteiger partial charge is 0.388 e. The number of aliphatic hydroxyl groups is 1. The van der Waals surface area contributed by atoms with Crippen LogP contribution in [0.3, 0.4) is 0 Å². The molecule has 32 heavy (non-hydrogen) atoms. The summed E-state index contributed by atoms with van der Waals surface area (Å²) in [6.07, 6.45) is 2.01. The van der Waals surface area contributed by atoms with E-state index in [-0.39, 0.29) is 6.61 Å². The van der Waals surface area contributed by atoms with Crippen molar-refractivity contribution in [1.29, 1.82) is 0 Å². The Morgan fingerprint density at radius 3 is 1.66 bits per heavy atom. The fraction of sp³-hybridized carbons (Fsp3) is 0.286. The zero-order chi connectivity index (χ0) is 22.4. The highest BCUT2D eigenvalue weighted by Crippen LogP contribution is 2.17. The van der Waals surface area contributed by atoms with Gasteiger partial charge in [0, 0.05) is 0 Å². The molecule has 0 aliphatic carbocycles. The van der Waals surface area contributed by atoms with Gasteiger partial charge in [-0.25, -0.2) is 0 Å². The number of rotatable bonds is 13. The molecule has 3 aromatic carbocycles. The summed E-state index contributed by atoms with van der Waals surface area (Å²) in [6.45, 7) is 3.33. The molecule has 0 unspecified atom stereocenters. The van der Waals surface area contributed by atoms with Crippen molar-refractivity contribution in [3.05, 3.63) is 120 Å². The van der Waals surface area contributed by atoms with Crippen molar-refractivity contribution in [1.82, 2.24) is 0 Å². The lowest BCUT2D eigenvalue weighted by atomic mass is 10.1. The Morgan fingerprint density at radius 2 is 1.16 bits per heavy atom. The predicted molar refractivity (Wildman–Crippen MR) is 127 cm³/mol. The first kappa shape index (κ1) is 23.9. The molecule has 0 aliphatic heterocycles. The van der Waals surface area contributed by atoms with E-state index in [0.29, 0.717) is 19.8 Å². The van der Waals surface area contributed by atoms with Crippen molar-refractivity contribution in [2.24, 2.45) is 0 Å². The zero-order valence-corrected chi connectivity index (χ0v) is 18.5. The molecule has 0 aliphatic rings. The molecule has 3 rings (SSSR count). The first-order valence-corrected chi connectivity index (χ1v) is 11.0. The zero-order valence-electron chi connectivity index (χ0n) is 18.5. The Morgan fingerprint density at radius 1 is 0.688 bits per heavy atom. The molecule has 4 heteroatoms. The first-order chi connectivity index (χ1) is 15.8. The minimum atomic E-state index is -0.848. The smallest absolute Gasteiger partial charge is 0.116 e. The van der Waals surface area contributed by atoms with Crippen LogP contribution in [-0.4, -0.2) is 30.0 Å². The third-order valence-corrected chi connectivity index (χ3v) is 5.06. The van der Waals surface area contributed by atoms with Gasteiger partial charge in [-0.15, -0.1) is 0 Å². The molecular weight excluding hydrogens is 400 g/mol. The van der Waals surface area contributed by atoms with E-state index in [2.05, 4.69) is 0 Å². The highest BCUT2D eigenvalue weighted by Gasteiger charge is 2.29. The number of allylic oxidation sites excluding steroid dienone is 1. The number of benzene rings is 3. The van der Waals surface area contributed by atoms with Crippen LogP contribution in [0.15, 0.2) is 103 Å². The lowest BCUT2D eigenvalue weighted by molar-refractivity contribution is -0.133. The van der Waals surface area contributed by atoms with Crippen molar-refractivity contribution in [3.8, 4) is 0 Å². The Kier molecular flexibility index (Phi) is 10.2. The Labute approximate surface area is 191 Å². The molecule has 3 atom stereocenters. The summed E-state index contributed by atoms with van der Waals surface area (Å²) in [5.41, 5.74) is 3.17. The van der Waals surface area contributed by atoms with Crippen LogP contribution in [0.5, 0.6) is 0 Å². The van der Waals surface area contributed by atoms with E-state index in [1.165, 1.54) is 0 Å². The molecule has 0 saturated heterocycles. The topological polar surface area (TPSA) is 47.9 Å². The maximum Gasteiger partial charge on any atom is 0.116 e. The van der Waals surface area contributed by atoms with Gasteiger partial charge < -0.3 is 19.3 Å². The van der Waals surface area contributed by atoms with Crippen LogP contribution in [-0.2, 0) is 34.0 Å². The van der Waals surface area contributed by atoms with Crippen LogP contribution in [0.4, 0.5) is 0 Å². The van der Waals surface area contributed by atoms with Crippen molar-refractivity contribution < 1.29 is 19.3 Å². The average Bonchev–Trinajstić information content (AvgIpc) is 2.84. The second-order valence-corrected chi connectivity index (χ2v) is 7.62. The molecule has 0 saturated carbocycles. The summed E-state index contributed by atoms with van der Waals surface area (Å²) < 4.78 is 18.2. The summed E-state index contributed by atoms with van der Waals surface area (Å²) in [5.74, 6) is 0. The predicted octanol–water partition coefficient (Wildman–Crippen LogP) is 5.31. The van der Waals surface area contributed by atoms with Crippen LogP contribution in [0, 0.1) is 0 Å².